The van der Waals surface area contributed by atoms with Crippen LogP contribution >= 0.6 is 0 Å². The average Bonchev–Trinajstić information content (AvgIpc) is 2.42. The van der Waals surface area contributed by atoms with Crippen LogP contribution in [-0.4, -0.2) is 27.3 Å². The van der Waals surface area contributed by atoms with E-state index in [1.54, 1.807) is 14.2 Å². The molecule has 3 nitrogen and oxygen atoms in total. The van der Waals surface area contributed by atoms with Gasteiger partial charge in [0, 0.05) is 26.3 Å². The molecular formula is C14H21NO2. The Morgan fingerprint density at radius 2 is 2.00 bits per heavy atom. The molecule has 94 valence electrons. The summed E-state index contributed by atoms with van der Waals surface area (Å²) in [5, 5.41) is 3.45. The first-order valence-corrected chi connectivity index (χ1v) is 6.22. The van der Waals surface area contributed by atoms with E-state index in [2.05, 4.69) is 23.5 Å². The Kier molecular flexibility index (Phi) is 4.54. The van der Waals surface area contributed by atoms with Gasteiger partial charge in [-0.15, -0.1) is 0 Å². The second kappa shape index (κ2) is 6.15. The van der Waals surface area contributed by atoms with Crippen LogP contribution in [0.4, 0.5) is 0 Å². The molecule has 2 rings (SSSR count). The summed E-state index contributed by atoms with van der Waals surface area (Å²) in [6, 6.07) is 8.43. The molecule has 0 spiro atoms. The van der Waals surface area contributed by atoms with Crippen LogP contribution in [0.1, 0.15) is 36.2 Å². The predicted molar refractivity (Wildman–Crippen MR) is 68.0 cm³/mol. The Hall–Kier alpha value is -0.900. The lowest BCUT2D eigenvalue weighted by atomic mass is 9.88. The van der Waals surface area contributed by atoms with E-state index in [9.17, 15) is 0 Å². The standard InChI is InChI=1S/C14H21NO2/c1-16-14(17-2)13-8-4-3-7-12(13)11-6-5-9-15-10-11/h3-4,7-8,11,14-15H,5-6,9-10H2,1-2H3. The van der Waals surface area contributed by atoms with Gasteiger partial charge in [0.2, 0.25) is 0 Å². The number of nitrogens with one attached hydrogen (secondary N) is 1. The van der Waals surface area contributed by atoms with E-state index in [-0.39, 0.29) is 6.29 Å². The number of piperidine rings is 1. The van der Waals surface area contributed by atoms with E-state index < -0.39 is 0 Å². The van der Waals surface area contributed by atoms with Crippen molar-refractivity contribution in [2.24, 2.45) is 0 Å². The molecule has 1 aliphatic rings. The SMILES string of the molecule is COC(OC)c1ccccc1C1CCCNC1. The van der Waals surface area contributed by atoms with Gasteiger partial charge in [0.1, 0.15) is 0 Å². The number of hydrogen-bond acceptors (Lipinski definition) is 3. The Balaban J connectivity index is 2.25. The van der Waals surface area contributed by atoms with E-state index in [0.29, 0.717) is 5.92 Å². The van der Waals surface area contributed by atoms with Crippen LogP contribution in [0.25, 0.3) is 0 Å². The Bertz CT molecular complexity index is 344. The first-order chi connectivity index (χ1) is 8.36. The molecule has 0 amide bonds. The molecule has 0 aromatic heterocycles. The number of ether oxygens (including phenoxy) is 2. The third kappa shape index (κ3) is 2.86. The Morgan fingerprint density at radius 1 is 1.24 bits per heavy atom. The van der Waals surface area contributed by atoms with Crippen molar-refractivity contribution in [2.75, 3.05) is 27.3 Å². The first-order valence-electron chi connectivity index (χ1n) is 6.22. The molecule has 17 heavy (non-hydrogen) atoms. The summed E-state index contributed by atoms with van der Waals surface area (Å²) in [5.41, 5.74) is 2.51. The van der Waals surface area contributed by atoms with Gasteiger partial charge in [-0.25, -0.2) is 0 Å². The van der Waals surface area contributed by atoms with Crippen LogP contribution in [-0.2, 0) is 9.47 Å². The van der Waals surface area contributed by atoms with Crippen molar-refractivity contribution in [1.82, 2.24) is 5.32 Å². The molecule has 1 heterocycles. The normalized spacial score (nSPS) is 20.8. The zero-order chi connectivity index (χ0) is 12.1. The third-order valence-electron chi connectivity index (χ3n) is 3.41. The monoisotopic (exact) mass is 235 g/mol. The lowest BCUT2D eigenvalue weighted by Gasteiger charge is -2.27. The highest BCUT2D eigenvalue weighted by Gasteiger charge is 2.21. The molecule has 1 aromatic rings. The molecule has 0 aliphatic carbocycles. The molecule has 1 unspecified atom stereocenters. The van der Waals surface area contributed by atoms with E-state index in [4.69, 9.17) is 9.47 Å². The van der Waals surface area contributed by atoms with E-state index in [0.717, 1.165) is 18.7 Å². The van der Waals surface area contributed by atoms with E-state index >= 15 is 0 Å². The van der Waals surface area contributed by atoms with Crippen molar-refractivity contribution in [3.05, 3.63) is 35.4 Å². The molecule has 0 radical (unpaired) electrons. The number of benzene rings is 1. The molecule has 1 N–H and O–H groups in total. The summed E-state index contributed by atoms with van der Waals surface area (Å²) in [6.07, 6.45) is 2.22. The average molecular weight is 235 g/mol. The first kappa shape index (κ1) is 12.6. The maximum Gasteiger partial charge on any atom is 0.183 e. The van der Waals surface area contributed by atoms with Crippen molar-refractivity contribution in [3.8, 4) is 0 Å². The van der Waals surface area contributed by atoms with Gasteiger partial charge in [-0.05, 0) is 30.9 Å². The van der Waals surface area contributed by atoms with Crippen LogP contribution in [0.3, 0.4) is 0 Å². The molecular weight excluding hydrogens is 214 g/mol. The van der Waals surface area contributed by atoms with Crippen molar-refractivity contribution < 1.29 is 9.47 Å². The maximum absolute atomic E-state index is 5.37. The van der Waals surface area contributed by atoms with Gasteiger partial charge in [-0.1, -0.05) is 24.3 Å². The summed E-state index contributed by atoms with van der Waals surface area (Å²) in [6.45, 7) is 2.19. The fourth-order valence-electron chi connectivity index (χ4n) is 2.56. The van der Waals surface area contributed by atoms with Gasteiger partial charge < -0.3 is 14.8 Å². The highest BCUT2D eigenvalue weighted by atomic mass is 16.7. The summed E-state index contributed by atoms with van der Waals surface area (Å²) < 4.78 is 10.7. The number of rotatable bonds is 4. The van der Waals surface area contributed by atoms with Gasteiger partial charge in [0.15, 0.2) is 6.29 Å². The van der Waals surface area contributed by atoms with E-state index in [1.165, 1.54) is 18.4 Å². The molecule has 0 saturated carbocycles. The van der Waals surface area contributed by atoms with Crippen molar-refractivity contribution >= 4 is 0 Å². The second-order valence-corrected chi connectivity index (χ2v) is 4.48. The minimum Gasteiger partial charge on any atom is -0.352 e. The van der Waals surface area contributed by atoms with Crippen molar-refractivity contribution in [3.63, 3.8) is 0 Å². The zero-order valence-corrected chi connectivity index (χ0v) is 10.6. The smallest absolute Gasteiger partial charge is 0.183 e. The quantitative estimate of drug-likeness (QED) is 0.813. The number of hydrogen-bond donors (Lipinski definition) is 1. The topological polar surface area (TPSA) is 30.5 Å². The maximum atomic E-state index is 5.37. The zero-order valence-electron chi connectivity index (χ0n) is 10.6. The Morgan fingerprint density at radius 3 is 2.65 bits per heavy atom. The lowest BCUT2D eigenvalue weighted by Crippen LogP contribution is -2.29. The number of methoxy groups -OCH3 is 2. The fourth-order valence-corrected chi connectivity index (χ4v) is 2.56. The minimum atomic E-state index is -0.256. The third-order valence-corrected chi connectivity index (χ3v) is 3.41. The van der Waals surface area contributed by atoms with Gasteiger partial charge in [-0.2, -0.15) is 0 Å². The highest BCUT2D eigenvalue weighted by molar-refractivity contribution is 5.32. The minimum absolute atomic E-state index is 0.256. The molecule has 1 fully saturated rings. The summed E-state index contributed by atoms with van der Waals surface area (Å²) in [7, 11) is 3.37. The molecule has 0 bridgehead atoms. The summed E-state index contributed by atoms with van der Waals surface area (Å²) in [4.78, 5) is 0. The largest absolute Gasteiger partial charge is 0.352 e. The summed E-state index contributed by atoms with van der Waals surface area (Å²) >= 11 is 0. The van der Waals surface area contributed by atoms with Crippen LogP contribution in [0.15, 0.2) is 24.3 Å². The fraction of sp³-hybridized carbons (Fsp3) is 0.571. The lowest BCUT2D eigenvalue weighted by molar-refractivity contribution is -0.106. The van der Waals surface area contributed by atoms with Gasteiger partial charge in [-0.3, -0.25) is 0 Å². The highest BCUT2D eigenvalue weighted by Crippen LogP contribution is 2.31. The molecule has 3 heteroatoms. The van der Waals surface area contributed by atoms with Gasteiger partial charge >= 0.3 is 0 Å². The van der Waals surface area contributed by atoms with Crippen molar-refractivity contribution in [1.29, 1.82) is 0 Å². The molecule has 1 aromatic carbocycles. The van der Waals surface area contributed by atoms with Gasteiger partial charge in [0.05, 0.1) is 0 Å². The predicted octanol–water partition coefficient (Wildman–Crippen LogP) is 2.45. The molecule has 1 atom stereocenters. The second-order valence-electron chi connectivity index (χ2n) is 4.48. The van der Waals surface area contributed by atoms with Crippen molar-refractivity contribution in [2.45, 2.75) is 25.0 Å². The molecule has 1 saturated heterocycles. The summed E-state index contributed by atoms with van der Waals surface area (Å²) in [5.74, 6) is 0.577. The van der Waals surface area contributed by atoms with E-state index in [1.807, 2.05) is 6.07 Å². The van der Waals surface area contributed by atoms with Crippen LogP contribution < -0.4 is 5.32 Å². The Labute approximate surface area is 103 Å². The molecule has 1 aliphatic heterocycles. The van der Waals surface area contributed by atoms with Crippen LogP contribution in [0, 0.1) is 0 Å². The van der Waals surface area contributed by atoms with Crippen LogP contribution in [0.5, 0.6) is 0 Å². The van der Waals surface area contributed by atoms with Gasteiger partial charge in [0.25, 0.3) is 0 Å². The van der Waals surface area contributed by atoms with Crippen LogP contribution in [0.2, 0.25) is 0 Å².